The Morgan fingerprint density at radius 2 is 2.10 bits per heavy atom. The number of nitrogens with one attached hydrogen (secondary N) is 1. The van der Waals surface area contributed by atoms with Crippen molar-refractivity contribution < 1.29 is 0 Å². The van der Waals surface area contributed by atoms with Gasteiger partial charge < -0.3 is 15.6 Å². The van der Waals surface area contributed by atoms with Gasteiger partial charge in [-0.05, 0) is 19.1 Å². The number of fused-ring (bicyclic) bond motifs is 1. The molecule has 0 unspecified atom stereocenters. The van der Waals surface area contributed by atoms with Crippen LogP contribution in [-0.4, -0.2) is 32.0 Å². The monoisotopic (exact) mass is 269 g/mol. The molecule has 3 N–H and O–H groups in total. The first-order valence-corrected chi connectivity index (χ1v) is 6.27. The van der Waals surface area contributed by atoms with E-state index in [0.717, 1.165) is 11.2 Å². The fourth-order valence-electron chi connectivity index (χ4n) is 2.09. The van der Waals surface area contributed by atoms with Crippen molar-refractivity contribution in [3.63, 3.8) is 0 Å². The Morgan fingerprint density at radius 3 is 2.85 bits per heavy atom. The molecule has 0 fully saturated rings. The summed E-state index contributed by atoms with van der Waals surface area (Å²) in [6.07, 6.45) is 3.36. The average molecular weight is 269 g/mol. The van der Waals surface area contributed by atoms with Gasteiger partial charge in [-0.1, -0.05) is 6.07 Å². The number of pyridine rings is 1. The zero-order valence-electron chi connectivity index (χ0n) is 11.3. The number of anilines is 2. The van der Waals surface area contributed by atoms with Gasteiger partial charge in [0.2, 0.25) is 5.95 Å². The van der Waals surface area contributed by atoms with Gasteiger partial charge in [-0.15, -0.1) is 0 Å². The minimum Gasteiger partial charge on any atom is -0.368 e. The highest BCUT2D eigenvalue weighted by atomic mass is 15.2. The highest BCUT2D eigenvalue weighted by molar-refractivity contribution is 5.84. The Hall–Kier alpha value is -2.70. The summed E-state index contributed by atoms with van der Waals surface area (Å²) in [7, 11) is 1.95. The van der Waals surface area contributed by atoms with Crippen LogP contribution in [0.1, 0.15) is 18.7 Å². The molecular formula is C13H15N7. The van der Waals surface area contributed by atoms with Crippen LogP contribution in [0.2, 0.25) is 0 Å². The summed E-state index contributed by atoms with van der Waals surface area (Å²) in [6, 6.07) is 5.89. The number of hydrogen-bond acceptors (Lipinski definition) is 6. The van der Waals surface area contributed by atoms with E-state index in [0.29, 0.717) is 11.5 Å². The fourth-order valence-corrected chi connectivity index (χ4v) is 2.09. The number of imidazole rings is 1. The van der Waals surface area contributed by atoms with E-state index < -0.39 is 0 Å². The van der Waals surface area contributed by atoms with Crippen LogP contribution in [0.25, 0.3) is 11.2 Å². The van der Waals surface area contributed by atoms with Crippen LogP contribution in [-0.2, 0) is 0 Å². The van der Waals surface area contributed by atoms with E-state index in [1.807, 2.05) is 30.1 Å². The average Bonchev–Trinajstić information content (AvgIpc) is 2.94. The largest absolute Gasteiger partial charge is 0.368 e. The second-order valence-electron chi connectivity index (χ2n) is 4.55. The van der Waals surface area contributed by atoms with Gasteiger partial charge in [0.1, 0.15) is 5.52 Å². The summed E-state index contributed by atoms with van der Waals surface area (Å²) in [5.41, 5.74) is 8.03. The zero-order chi connectivity index (χ0) is 14.1. The predicted molar refractivity (Wildman–Crippen MR) is 77.2 cm³/mol. The molecule has 0 aliphatic heterocycles. The molecule has 0 amide bonds. The normalized spacial score (nSPS) is 12.5. The highest BCUT2D eigenvalue weighted by Gasteiger charge is 2.19. The van der Waals surface area contributed by atoms with E-state index in [2.05, 4.69) is 31.8 Å². The number of rotatable bonds is 3. The first-order chi connectivity index (χ1) is 9.66. The van der Waals surface area contributed by atoms with Crippen molar-refractivity contribution in [1.82, 2.24) is 24.9 Å². The van der Waals surface area contributed by atoms with E-state index >= 15 is 0 Å². The smallest absolute Gasteiger partial charge is 0.224 e. The van der Waals surface area contributed by atoms with Crippen molar-refractivity contribution in [3.8, 4) is 0 Å². The maximum absolute atomic E-state index is 5.74. The second-order valence-corrected chi connectivity index (χ2v) is 4.55. The molecular weight excluding hydrogens is 254 g/mol. The molecule has 0 saturated heterocycles. The van der Waals surface area contributed by atoms with Gasteiger partial charge in [0, 0.05) is 13.2 Å². The maximum Gasteiger partial charge on any atom is 0.224 e. The van der Waals surface area contributed by atoms with Crippen molar-refractivity contribution >= 4 is 22.9 Å². The lowest BCUT2D eigenvalue weighted by molar-refractivity contribution is 0.707. The zero-order valence-corrected chi connectivity index (χ0v) is 11.3. The molecule has 0 saturated carbocycles. The van der Waals surface area contributed by atoms with Crippen molar-refractivity contribution in [2.24, 2.45) is 0 Å². The van der Waals surface area contributed by atoms with Crippen LogP contribution in [0, 0.1) is 0 Å². The third-order valence-corrected chi connectivity index (χ3v) is 3.31. The van der Waals surface area contributed by atoms with E-state index in [4.69, 9.17) is 5.73 Å². The Bertz CT molecular complexity index is 722. The van der Waals surface area contributed by atoms with Gasteiger partial charge >= 0.3 is 0 Å². The molecule has 0 aliphatic carbocycles. The Labute approximate surface area is 115 Å². The van der Waals surface area contributed by atoms with Crippen LogP contribution >= 0.6 is 0 Å². The van der Waals surface area contributed by atoms with Crippen LogP contribution < -0.4 is 10.6 Å². The van der Waals surface area contributed by atoms with Crippen LogP contribution in [0.5, 0.6) is 0 Å². The Kier molecular flexibility index (Phi) is 2.94. The van der Waals surface area contributed by atoms with Crippen molar-refractivity contribution in [1.29, 1.82) is 0 Å². The van der Waals surface area contributed by atoms with Crippen molar-refractivity contribution in [2.75, 3.05) is 17.7 Å². The molecule has 20 heavy (non-hydrogen) atoms. The number of hydrogen-bond donors (Lipinski definition) is 2. The minimum absolute atomic E-state index is 0.0528. The van der Waals surface area contributed by atoms with Crippen molar-refractivity contribution in [2.45, 2.75) is 13.0 Å². The van der Waals surface area contributed by atoms with E-state index in [9.17, 15) is 0 Å². The topological polar surface area (TPSA) is 96.6 Å². The van der Waals surface area contributed by atoms with Gasteiger partial charge in [-0.3, -0.25) is 4.98 Å². The van der Waals surface area contributed by atoms with Gasteiger partial charge in [-0.25, -0.2) is 4.98 Å². The van der Waals surface area contributed by atoms with Gasteiger partial charge in [0.05, 0.1) is 18.1 Å². The standard InChI is InChI=1S/C13H15N7/c1-8(9-5-3-4-6-15-9)20(2)12-10-11(17-7-16-10)18-13(14)19-12/h3-8H,1-2H3,(H3,14,16,17,18,19)/t8-/m0/s1. The summed E-state index contributed by atoms with van der Waals surface area (Å²) in [4.78, 5) is 22.0. The fraction of sp³-hybridized carbons (Fsp3) is 0.231. The number of nitrogens with zero attached hydrogens (tertiary/aromatic N) is 5. The molecule has 0 aromatic carbocycles. The quantitative estimate of drug-likeness (QED) is 0.748. The van der Waals surface area contributed by atoms with Crippen LogP contribution in [0.4, 0.5) is 11.8 Å². The van der Waals surface area contributed by atoms with Crippen LogP contribution in [0.3, 0.4) is 0 Å². The minimum atomic E-state index is 0.0528. The second kappa shape index (κ2) is 4.76. The summed E-state index contributed by atoms with van der Waals surface area (Å²) in [5, 5.41) is 0. The maximum atomic E-state index is 5.74. The molecule has 3 heterocycles. The molecule has 3 aromatic heterocycles. The lowest BCUT2D eigenvalue weighted by Gasteiger charge is -2.25. The number of nitrogens with two attached hydrogens (primary N) is 1. The molecule has 0 bridgehead atoms. The van der Waals surface area contributed by atoms with E-state index in [1.165, 1.54) is 0 Å². The molecule has 7 heteroatoms. The summed E-state index contributed by atoms with van der Waals surface area (Å²) in [6.45, 7) is 2.06. The molecule has 0 spiro atoms. The molecule has 102 valence electrons. The molecule has 0 aliphatic rings. The third kappa shape index (κ3) is 2.03. The molecule has 7 nitrogen and oxygen atoms in total. The van der Waals surface area contributed by atoms with E-state index in [-0.39, 0.29) is 12.0 Å². The first-order valence-electron chi connectivity index (χ1n) is 6.27. The first kappa shape index (κ1) is 12.3. The highest BCUT2D eigenvalue weighted by Crippen LogP contribution is 2.27. The molecule has 3 aromatic rings. The predicted octanol–water partition coefficient (Wildman–Crippen LogP) is 1.53. The van der Waals surface area contributed by atoms with E-state index in [1.54, 1.807) is 12.5 Å². The Balaban J connectivity index is 2.04. The molecule has 0 radical (unpaired) electrons. The van der Waals surface area contributed by atoms with Crippen molar-refractivity contribution in [3.05, 3.63) is 36.4 Å². The summed E-state index contributed by atoms with van der Waals surface area (Å²) < 4.78 is 0. The van der Waals surface area contributed by atoms with Gasteiger partial charge in [0.15, 0.2) is 11.5 Å². The molecule has 3 rings (SSSR count). The lowest BCUT2D eigenvalue weighted by Crippen LogP contribution is -2.24. The molecule has 1 atom stereocenters. The number of aromatic nitrogens is 5. The number of nitrogen functional groups attached to an aromatic ring is 1. The summed E-state index contributed by atoms with van der Waals surface area (Å²) in [5.74, 6) is 0.919. The lowest BCUT2D eigenvalue weighted by atomic mass is 10.2. The summed E-state index contributed by atoms with van der Waals surface area (Å²) >= 11 is 0. The van der Waals surface area contributed by atoms with Gasteiger partial charge in [-0.2, -0.15) is 9.97 Å². The number of H-pyrrole nitrogens is 1. The number of aromatic amines is 1. The van der Waals surface area contributed by atoms with Crippen LogP contribution in [0.15, 0.2) is 30.7 Å². The SMILES string of the molecule is C[C@@H](c1ccccn1)N(C)c1nc(N)nc2nc[nH]c12. The Morgan fingerprint density at radius 1 is 1.25 bits per heavy atom. The third-order valence-electron chi connectivity index (χ3n) is 3.31. The van der Waals surface area contributed by atoms with Gasteiger partial charge in [0.25, 0.3) is 0 Å².